The summed E-state index contributed by atoms with van der Waals surface area (Å²) >= 11 is 0. The maximum Gasteiger partial charge on any atom is 0.338 e. The van der Waals surface area contributed by atoms with Crippen LogP contribution in [0, 0.1) is 40.4 Å². The Balaban J connectivity index is 1.26. The maximum atomic E-state index is 12.7. The first kappa shape index (κ1) is 25.8. The minimum Gasteiger partial charge on any atom is -0.459 e. The lowest BCUT2D eigenvalue weighted by molar-refractivity contribution is -0.0409. The third-order valence-corrected chi connectivity index (χ3v) is 11.0. The van der Waals surface area contributed by atoms with Crippen molar-refractivity contribution >= 4 is 5.97 Å². The van der Waals surface area contributed by atoms with E-state index in [0.29, 0.717) is 28.2 Å². The molecule has 4 aliphatic carbocycles. The van der Waals surface area contributed by atoms with Gasteiger partial charge in [-0.25, -0.2) is 4.79 Å². The van der Waals surface area contributed by atoms with Crippen LogP contribution in [0.3, 0.4) is 0 Å². The van der Waals surface area contributed by atoms with Crippen LogP contribution in [0.5, 0.6) is 0 Å². The first-order chi connectivity index (χ1) is 17.2. The van der Waals surface area contributed by atoms with Crippen LogP contribution in [0.2, 0.25) is 0 Å². The second kappa shape index (κ2) is 10.1. The van der Waals surface area contributed by atoms with E-state index < -0.39 is 0 Å². The van der Waals surface area contributed by atoms with Gasteiger partial charge in [0.25, 0.3) is 0 Å². The summed E-state index contributed by atoms with van der Waals surface area (Å²) in [6.07, 6.45) is 17.7. The molecule has 0 heterocycles. The molecule has 0 N–H and O–H groups in total. The lowest BCUT2D eigenvalue weighted by Gasteiger charge is -2.56. The third-order valence-electron chi connectivity index (χ3n) is 11.0. The van der Waals surface area contributed by atoms with Crippen molar-refractivity contribution in [3.05, 3.63) is 59.2 Å². The van der Waals surface area contributed by atoms with E-state index >= 15 is 0 Å². The minimum absolute atomic E-state index is 0.0568. The molecule has 2 nitrogen and oxygen atoms in total. The Morgan fingerprint density at radius 2 is 1.78 bits per heavy atom. The number of carbonyl (C=O) groups excluding carboxylic acids is 1. The monoisotopic (exact) mass is 488 g/mol. The molecule has 0 aliphatic heterocycles. The van der Waals surface area contributed by atoms with Gasteiger partial charge in [-0.2, -0.15) is 0 Å². The fraction of sp³-hybridized carbons (Fsp3) is 0.676. The summed E-state index contributed by atoms with van der Waals surface area (Å²) in [4.78, 5) is 12.7. The second-order valence-corrected chi connectivity index (χ2v) is 13.5. The lowest BCUT2D eigenvalue weighted by atomic mass is 9.48. The van der Waals surface area contributed by atoms with Crippen LogP contribution in [-0.4, -0.2) is 12.1 Å². The van der Waals surface area contributed by atoms with Gasteiger partial charge in [-0.3, -0.25) is 0 Å². The van der Waals surface area contributed by atoms with Crippen LogP contribution < -0.4 is 0 Å². The van der Waals surface area contributed by atoms with Crippen molar-refractivity contribution in [3.8, 4) is 0 Å². The van der Waals surface area contributed by atoms with E-state index in [2.05, 4.69) is 46.8 Å². The molecule has 0 bridgehead atoms. The summed E-state index contributed by atoms with van der Waals surface area (Å²) in [6, 6.07) is 9.48. The van der Waals surface area contributed by atoms with Gasteiger partial charge in [0.15, 0.2) is 0 Å². The Kier molecular flexibility index (Phi) is 7.27. The maximum absolute atomic E-state index is 12.7. The SMILES string of the molecule is CC(C)CCC[C@@H](C)[C@@H]1CC=C2C3=CC[C@H]4C[C@@H](OC(=O)c5ccccc5)CC[C@]4(C)[C@@H]3CC[C@@]21C. The summed E-state index contributed by atoms with van der Waals surface area (Å²) in [5.41, 5.74) is 4.80. The molecule has 0 unspecified atom stereocenters. The average Bonchev–Trinajstić information content (AvgIpc) is 3.22. The van der Waals surface area contributed by atoms with Crippen molar-refractivity contribution in [2.24, 2.45) is 40.4 Å². The van der Waals surface area contributed by atoms with Gasteiger partial charge in [-0.05, 0) is 109 Å². The topological polar surface area (TPSA) is 26.3 Å². The fourth-order valence-corrected chi connectivity index (χ4v) is 8.71. The van der Waals surface area contributed by atoms with Crippen LogP contribution in [-0.2, 0) is 4.74 Å². The Morgan fingerprint density at radius 1 is 1.00 bits per heavy atom. The molecular weight excluding hydrogens is 440 g/mol. The van der Waals surface area contributed by atoms with Gasteiger partial charge >= 0.3 is 5.97 Å². The number of allylic oxidation sites excluding steroid dienone is 4. The number of rotatable bonds is 7. The lowest BCUT2D eigenvalue weighted by Crippen LogP contribution is -2.48. The van der Waals surface area contributed by atoms with Gasteiger partial charge in [-0.15, -0.1) is 0 Å². The molecule has 5 rings (SSSR count). The molecule has 7 atom stereocenters. The number of hydrogen-bond acceptors (Lipinski definition) is 2. The Hall–Kier alpha value is -1.83. The molecule has 0 spiro atoms. The van der Waals surface area contributed by atoms with Crippen molar-refractivity contribution in [2.75, 3.05) is 0 Å². The number of ether oxygens (including phenoxy) is 1. The summed E-state index contributed by atoms with van der Waals surface area (Å²) in [5.74, 6) is 3.57. The van der Waals surface area contributed by atoms with E-state index in [1.807, 2.05) is 30.3 Å². The molecule has 36 heavy (non-hydrogen) atoms. The van der Waals surface area contributed by atoms with E-state index in [1.165, 1.54) is 44.9 Å². The van der Waals surface area contributed by atoms with Crippen LogP contribution in [0.4, 0.5) is 0 Å². The molecule has 2 heteroatoms. The van der Waals surface area contributed by atoms with E-state index in [4.69, 9.17) is 4.74 Å². The Morgan fingerprint density at radius 3 is 2.53 bits per heavy atom. The van der Waals surface area contributed by atoms with Crippen LogP contribution in [0.25, 0.3) is 0 Å². The summed E-state index contributed by atoms with van der Waals surface area (Å²) < 4.78 is 6.01. The molecule has 196 valence electrons. The quantitative estimate of drug-likeness (QED) is 0.358. The summed E-state index contributed by atoms with van der Waals surface area (Å²) in [6.45, 7) is 12.4. The zero-order valence-electron chi connectivity index (χ0n) is 23.4. The van der Waals surface area contributed by atoms with Gasteiger partial charge in [-0.1, -0.05) is 84.2 Å². The second-order valence-electron chi connectivity index (χ2n) is 13.5. The standard InChI is InChI=1S/C34H48O2/c1-23(2)10-9-11-24(3)29-16-17-30-28-15-14-26-22-27(36-32(35)25-12-7-6-8-13-25)18-20-33(26,4)31(28)19-21-34(29,30)5/h6-8,12-13,15,17,23-24,26-27,29,31H,9-11,14,16,18-22H2,1-5H3/t24-,26+,27+,29+,31-,33+,34-/m1/s1. The Bertz CT molecular complexity index is 1000. The van der Waals surface area contributed by atoms with Gasteiger partial charge in [0.05, 0.1) is 5.56 Å². The predicted molar refractivity (Wildman–Crippen MR) is 149 cm³/mol. The molecule has 0 saturated heterocycles. The van der Waals surface area contributed by atoms with Gasteiger partial charge < -0.3 is 4.74 Å². The van der Waals surface area contributed by atoms with E-state index in [-0.39, 0.29) is 12.1 Å². The van der Waals surface area contributed by atoms with Crippen molar-refractivity contribution in [3.63, 3.8) is 0 Å². The highest BCUT2D eigenvalue weighted by Crippen LogP contribution is 2.65. The molecule has 1 aromatic rings. The number of carbonyl (C=O) groups is 1. The number of benzene rings is 1. The molecule has 0 amide bonds. The van der Waals surface area contributed by atoms with E-state index in [1.54, 1.807) is 11.1 Å². The van der Waals surface area contributed by atoms with Crippen molar-refractivity contribution in [2.45, 2.75) is 105 Å². The molecule has 2 fully saturated rings. The first-order valence-electron chi connectivity index (χ1n) is 14.9. The number of fused-ring (bicyclic) bond motifs is 5. The molecule has 0 radical (unpaired) electrons. The smallest absolute Gasteiger partial charge is 0.338 e. The Labute approximate surface area is 220 Å². The zero-order chi connectivity index (χ0) is 25.5. The van der Waals surface area contributed by atoms with Gasteiger partial charge in [0.2, 0.25) is 0 Å². The van der Waals surface area contributed by atoms with E-state index in [0.717, 1.165) is 37.0 Å². The average molecular weight is 489 g/mol. The van der Waals surface area contributed by atoms with E-state index in [9.17, 15) is 4.79 Å². The van der Waals surface area contributed by atoms with Gasteiger partial charge in [0, 0.05) is 0 Å². The van der Waals surface area contributed by atoms with Crippen molar-refractivity contribution in [1.29, 1.82) is 0 Å². The van der Waals surface area contributed by atoms with Crippen LogP contribution in [0.1, 0.15) is 109 Å². The third kappa shape index (κ3) is 4.63. The fourth-order valence-electron chi connectivity index (χ4n) is 8.71. The van der Waals surface area contributed by atoms with Crippen molar-refractivity contribution < 1.29 is 9.53 Å². The first-order valence-corrected chi connectivity index (χ1v) is 14.9. The highest BCUT2D eigenvalue weighted by molar-refractivity contribution is 5.89. The number of hydrogen-bond donors (Lipinski definition) is 0. The normalized spacial score (nSPS) is 36.3. The largest absolute Gasteiger partial charge is 0.459 e. The molecule has 4 aliphatic rings. The van der Waals surface area contributed by atoms with Crippen molar-refractivity contribution in [1.82, 2.24) is 0 Å². The number of esters is 1. The summed E-state index contributed by atoms with van der Waals surface area (Å²) in [7, 11) is 0. The van der Waals surface area contributed by atoms with Gasteiger partial charge in [0.1, 0.15) is 6.10 Å². The molecular formula is C34H48O2. The predicted octanol–water partition coefficient (Wildman–Crippen LogP) is 9.17. The zero-order valence-corrected chi connectivity index (χ0v) is 23.4. The van der Waals surface area contributed by atoms with Crippen LogP contribution >= 0.6 is 0 Å². The highest BCUT2D eigenvalue weighted by atomic mass is 16.5. The molecule has 1 aromatic carbocycles. The molecule has 0 aromatic heterocycles. The minimum atomic E-state index is -0.158. The van der Waals surface area contributed by atoms with Crippen LogP contribution in [0.15, 0.2) is 53.6 Å². The molecule has 2 saturated carbocycles. The highest BCUT2D eigenvalue weighted by Gasteiger charge is 2.55. The summed E-state index contributed by atoms with van der Waals surface area (Å²) in [5, 5.41) is 0.